The molecule has 0 spiro atoms. The number of carbonyl (C=O) groups excluding carboxylic acids is 1. The van der Waals surface area contributed by atoms with Crippen LogP contribution in [0.2, 0.25) is 0 Å². The smallest absolute Gasteiger partial charge is 0.410 e. The summed E-state index contributed by atoms with van der Waals surface area (Å²) < 4.78 is 5.41. The number of hydrogen-bond donors (Lipinski definition) is 1. The molecule has 0 unspecified atom stereocenters. The van der Waals surface area contributed by atoms with Crippen LogP contribution in [0.15, 0.2) is 11.6 Å². The van der Waals surface area contributed by atoms with E-state index < -0.39 is 5.60 Å². The average Bonchev–Trinajstić information content (AvgIpc) is 3.05. The van der Waals surface area contributed by atoms with Crippen molar-refractivity contribution in [2.45, 2.75) is 45.8 Å². The highest BCUT2D eigenvalue weighted by molar-refractivity contribution is 7.09. The van der Waals surface area contributed by atoms with Gasteiger partial charge < -0.3 is 15.0 Å². The average molecular weight is 311 g/mol. The quantitative estimate of drug-likeness (QED) is 0.928. The fourth-order valence-corrected chi connectivity index (χ4v) is 3.04. The van der Waals surface area contributed by atoms with Gasteiger partial charge in [0, 0.05) is 31.2 Å². The molecule has 2 heterocycles. The van der Waals surface area contributed by atoms with E-state index in [1.807, 2.05) is 37.2 Å². The number of thiazole rings is 1. The molecule has 1 saturated heterocycles. The van der Waals surface area contributed by atoms with Crippen molar-refractivity contribution < 1.29 is 9.53 Å². The van der Waals surface area contributed by atoms with Gasteiger partial charge >= 0.3 is 6.09 Å². The van der Waals surface area contributed by atoms with Crippen molar-refractivity contribution in [3.05, 3.63) is 16.6 Å². The molecule has 118 valence electrons. The van der Waals surface area contributed by atoms with Gasteiger partial charge in [-0.15, -0.1) is 11.3 Å². The molecule has 1 aromatic rings. The largest absolute Gasteiger partial charge is 0.444 e. The molecule has 2 rings (SSSR count). The zero-order chi connectivity index (χ0) is 15.5. The zero-order valence-corrected chi connectivity index (χ0v) is 14.1. The SMILES string of the molecule is C[C@@H](NC[C@H]1CCN(C(=O)OC(C)(C)C)C1)c1nccs1. The maximum atomic E-state index is 12.0. The third-order valence-electron chi connectivity index (χ3n) is 3.47. The molecule has 0 radical (unpaired) electrons. The summed E-state index contributed by atoms with van der Waals surface area (Å²) in [5.41, 5.74) is -0.424. The lowest BCUT2D eigenvalue weighted by molar-refractivity contribution is 0.0288. The fraction of sp³-hybridized carbons (Fsp3) is 0.733. The maximum Gasteiger partial charge on any atom is 0.410 e. The minimum Gasteiger partial charge on any atom is -0.444 e. The van der Waals surface area contributed by atoms with Crippen LogP contribution in [0, 0.1) is 5.92 Å². The molecule has 1 aromatic heterocycles. The first-order valence-corrected chi connectivity index (χ1v) is 8.34. The Balaban J connectivity index is 1.74. The van der Waals surface area contributed by atoms with Gasteiger partial charge in [-0.25, -0.2) is 9.78 Å². The minimum atomic E-state index is -0.424. The van der Waals surface area contributed by atoms with E-state index in [0.29, 0.717) is 5.92 Å². The standard InChI is InChI=1S/C15H25N3O2S/c1-11(13-16-6-8-21-13)17-9-12-5-7-18(10-12)14(19)20-15(2,3)4/h6,8,11-12,17H,5,7,9-10H2,1-4H3/t11-,12-/m1/s1. The molecule has 21 heavy (non-hydrogen) atoms. The van der Waals surface area contributed by atoms with Crippen molar-refractivity contribution in [3.63, 3.8) is 0 Å². The Morgan fingerprint density at radius 2 is 2.38 bits per heavy atom. The minimum absolute atomic E-state index is 0.196. The van der Waals surface area contributed by atoms with Crippen LogP contribution in [0.5, 0.6) is 0 Å². The van der Waals surface area contributed by atoms with Crippen LogP contribution >= 0.6 is 11.3 Å². The molecule has 1 aliphatic heterocycles. The first kappa shape index (κ1) is 16.2. The number of carbonyl (C=O) groups is 1. The van der Waals surface area contributed by atoms with Crippen molar-refractivity contribution >= 4 is 17.4 Å². The third-order valence-corrected chi connectivity index (χ3v) is 4.43. The Labute approximate surface area is 130 Å². The second-order valence-electron chi connectivity index (χ2n) is 6.58. The van der Waals surface area contributed by atoms with E-state index >= 15 is 0 Å². The molecule has 1 amide bonds. The fourth-order valence-electron chi connectivity index (χ4n) is 2.37. The van der Waals surface area contributed by atoms with Crippen LogP contribution < -0.4 is 5.32 Å². The normalized spacial score (nSPS) is 20.6. The topological polar surface area (TPSA) is 54.5 Å². The maximum absolute atomic E-state index is 12.0. The number of ether oxygens (including phenoxy) is 1. The van der Waals surface area contributed by atoms with Gasteiger partial charge in [-0.2, -0.15) is 0 Å². The highest BCUT2D eigenvalue weighted by Gasteiger charge is 2.29. The molecule has 0 bridgehead atoms. The van der Waals surface area contributed by atoms with Crippen molar-refractivity contribution in [2.24, 2.45) is 5.92 Å². The highest BCUT2D eigenvalue weighted by atomic mass is 32.1. The van der Waals surface area contributed by atoms with E-state index in [0.717, 1.165) is 31.1 Å². The van der Waals surface area contributed by atoms with Crippen LogP contribution in [0.1, 0.15) is 45.2 Å². The highest BCUT2D eigenvalue weighted by Crippen LogP contribution is 2.20. The summed E-state index contributed by atoms with van der Waals surface area (Å²) in [6, 6.07) is 0.264. The predicted octanol–water partition coefficient (Wildman–Crippen LogP) is 3.05. The second kappa shape index (κ2) is 6.75. The summed E-state index contributed by atoms with van der Waals surface area (Å²) in [4.78, 5) is 18.1. The van der Waals surface area contributed by atoms with Gasteiger partial charge in [-0.3, -0.25) is 0 Å². The molecular weight excluding hydrogens is 286 g/mol. The van der Waals surface area contributed by atoms with E-state index in [4.69, 9.17) is 4.74 Å². The molecule has 1 aliphatic rings. The Morgan fingerprint density at radius 3 is 3.00 bits per heavy atom. The zero-order valence-electron chi connectivity index (χ0n) is 13.3. The lowest BCUT2D eigenvalue weighted by Crippen LogP contribution is -2.36. The van der Waals surface area contributed by atoms with Crippen molar-refractivity contribution in [2.75, 3.05) is 19.6 Å². The van der Waals surface area contributed by atoms with Crippen LogP contribution in [0.4, 0.5) is 4.79 Å². The summed E-state index contributed by atoms with van der Waals surface area (Å²) in [7, 11) is 0. The monoisotopic (exact) mass is 311 g/mol. The molecule has 1 N–H and O–H groups in total. The Kier molecular flexibility index (Phi) is 5.22. The van der Waals surface area contributed by atoms with Crippen molar-refractivity contribution in [3.8, 4) is 0 Å². The van der Waals surface area contributed by atoms with Crippen LogP contribution in [0.3, 0.4) is 0 Å². The lowest BCUT2D eigenvalue weighted by Gasteiger charge is -2.24. The molecule has 0 aliphatic carbocycles. The number of amides is 1. The molecule has 1 fully saturated rings. The van der Waals surface area contributed by atoms with Gasteiger partial charge in [0.05, 0.1) is 6.04 Å². The van der Waals surface area contributed by atoms with Crippen molar-refractivity contribution in [1.29, 1.82) is 0 Å². The van der Waals surface area contributed by atoms with Gasteiger partial charge in [0.1, 0.15) is 10.6 Å². The van der Waals surface area contributed by atoms with Crippen LogP contribution in [-0.2, 0) is 4.74 Å². The Morgan fingerprint density at radius 1 is 1.62 bits per heavy atom. The second-order valence-corrected chi connectivity index (χ2v) is 7.51. The lowest BCUT2D eigenvalue weighted by atomic mass is 10.1. The molecule has 6 heteroatoms. The number of likely N-dealkylation sites (tertiary alicyclic amines) is 1. The van der Waals surface area contributed by atoms with E-state index in [2.05, 4.69) is 17.2 Å². The van der Waals surface area contributed by atoms with Gasteiger partial charge in [0.15, 0.2) is 0 Å². The number of aromatic nitrogens is 1. The first-order chi connectivity index (χ1) is 9.85. The van der Waals surface area contributed by atoms with Crippen molar-refractivity contribution in [1.82, 2.24) is 15.2 Å². The summed E-state index contributed by atoms with van der Waals surface area (Å²) >= 11 is 1.67. The molecule has 2 atom stereocenters. The Bertz CT molecular complexity index is 456. The van der Waals surface area contributed by atoms with Gasteiger partial charge in [-0.05, 0) is 40.0 Å². The van der Waals surface area contributed by atoms with Gasteiger partial charge in [-0.1, -0.05) is 0 Å². The predicted molar refractivity (Wildman–Crippen MR) is 84.4 cm³/mol. The number of hydrogen-bond acceptors (Lipinski definition) is 5. The number of rotatable bonds is 4. The van der Waals surface area contributed by atoms with Gasteiger partial charge in [0.25, 0.3) is 0 Å². The molecule has 0 saturated carbocycles. The first-order valence-electron chi connectivity index (χ1n) is 7.46. The molecule has 0 aromatic carbocycles. The number of nitrogens with one attached hydrogen (secondary N) is 1. The van der Waals surface area contributed by atoms with E-state index in [9.17, 15) is 4.79 Å². The summed E-state index contributed by atoms with van der Waals surface area (Å²) in [6.45, 7) is 10.3. The summed E-state index contributed by atoms with van der Waals surface area (Å²) in [6.07, 6.45) is 2.66. The van der Waals surface area contributed by atoms with E-state index in [-0.39, 0.29) is 12.1 Å². The van der Waals surface area contributed by atoms with E-state index in [1.165, 1.54) is 0 Å². The number of nitrogens with zero attached hydrogens (tertiary/aromatic N) is 2. The summed E-state index contributed by atoms with van der Waals surface area (Å²) in [5, 5.41) is 6.61. The molecular formula is C15H25N3O2S. The summed E-state index contributed by atoms with van der Waals surface area (Å²) in [5.74, 6) is 0.486. The van der Waals surface area contributed by atoms with Crippen LogP contribution in [-0.4, -0.2) is 41.2 Å². The van der Waals surface area contributed by atoms with Crippen LogP contribution in [0.25, 0.3) is 0 Å². The molecule has 5 nitrogen and oxygen atoms in total. The Hall–Kier alpha value is -1.14. The van der Waals surface area contributed by atoms with Gasteiger partial charge in [0.2, 0.25) is 0 Å². The van der Waals surface area contributed by atoms with E-state index in [1.54, 1.807) is 11.3 Å². The third kappa shape index (κ3) is 4.97.